The van der Waals surface area contributed by atoms with Gasteiger partial charge in [-0.25, -0.2) is 0 Å². The zero-order valence-electron chi connectivity index (χ0n) is 14.5. The Labute approximate surface area is 139 Å². The Kier molecular flexibility index (Phi) is 3.39. The van der Waals surface area contributed by atoms with Gasteiger partial charge in [-0.15, -0.1) is 0 Å². The first-order valence-electron chi connectivity index (χ1n) is 9.38. The van der Waals surface area contributed by atoms with Crippen molar-refractivity contribution in [1.29, 1.82) is 0 Å². The van der Waals surface area contributed by atoms with Gasteiger partial charge < -0.3 is 14.6 Å². The molecule has 23 heavy (non-hydrogen) atoms. The van der Waals surface area contributed by atoms with Gasteiger partial charge in [-0.05, 0) is 62.2 Å². The smallest absolute Gasteiger partial charge is 0.171 e. The second kappa shape index (κ2) is 4.92. The first-order chi connectivity index (χ1) is 10.8. The molecule has 2 bridgehead atoms. The lowest BCUT2D eigenvalue weighted by Gasteiger charge is -2.56. The molecule has 7 atom stereocenters. The number of hydrogen-bond acceptors (Lipinski definition) is 3. The molecular formula is C20H30O3. The minimum absolute atomic E-state index is 0.0303. The molecule has 4 aliphatic rings. The van der Waals surface area contributed by atoms with Crippen LogP contribution in [0.2, 0.25) is 0 Å². The molecule has 2 aliphatic carbocycles. The quantitative estimate of drug-likeness (QED) is 0.621. The van der Waals surface area contributed by atoms with Crippen LogP contribution in [0.5, 0.6) is 0 Å². The van der Waals surface area contributed by atoms with Gasteiger partial charge in [0, 0.05) is 17.8 Å². The van der Waals surface area contributed by atoms with Crippen LogP contribution in [0.25, 0.3) is 0 Å². The number of fused-ring (bicyclic) bond motifs is 3. The molecule has 3 heteroatoms. The minimum atomic E-state index is -1.02. The zero-order chi connectivity index (χ0) is 16.5. The van der Waals surface area contributed by atoms with E-state index in [1.54, 1.807) is 0 Å². The van der Waals surface area contributed by atoms with E-state index in [1.807, 2.05) is 0 Å². The first-order valence-corrected chi connectivity index (χ1v) is 9.38. The Morgan fingerprint density at radius 1 is 1.13 bits per heavy atom. The van der Waals surface area contributed by atoms with Crippen molar-refractivity contribution >= 4 is 6.29 Å². The third-order valence-corrected chi connectivity index (χ3v) is 8.31. The molecule has 2 heterocycles. The summed E-state index contributed by atoms with van der Waals surface area (Å²) in [6.45, 7) is 8.78. The molecule has 0 amide bonds. The molecule has 3 nitrogen and oxygen atoms in total. The lowest BCUT2D eigenvalue weighted by Crippen LogP contribution is -2.58. The number of carbonyl (C=O) groups is 1. The summed E-state index contributed by atoms with van der Waals surface area (Å²) in [5, 5.41) is 11.2. The first kappa shape index (κ1) is 15.8. The Bertz CT molecular complexity index is 543. The molecule has 0 aromatic rings. The monoisotopic (exact) mass is 318 g/mol. The van der Waals surface area contributed by atoms with Crippen LogP contribution in [0, 0.1) is 28.6 Å². The van der Waals surface area contributed by atoms with Gasteiger partial charge in [0.25, 0.3) is 0 Å². The second-order valence-corrected chi connectivity index (χ2v) is 9.04. The van der Waals surface area contributed by atoms with E-state index in [2.05, 4.69) is 20.4 Å². The molecular weight excluding hydrogens is 288 g/mol. The maximum atomic E-state index is 12.1. The fraction of sp³-hybridized carbons (Fsp3) is 0.850. The van der Waals surface area contributed by atoms with Crippen LogP contribution in [-0.4, -0.2) is 23.3 Å². The Morgan fingerprint density at radius 3 is 2.61 bits per heavy atom. The van der Waals surface area contributed by atoms with Crippen molar-refractivity contribution in [3.8, 4) is 0 Å². The number of aliphatic hydroxyl groups is 1. The van der Waals surface area contributed by atoms with Gasteiger partial charge in [0.2, 0.25) is 0 Å². The van der Waals surface area contributed by atoms with Gasteiger partial charge in [-0.2, -0.15) is 0 Å². The molecule has 4 fully saturated rings. The summed E-state index contributed by atoms with van der Waals surface area (Å²) in [6, 6.07) is 0. The van der Waals surface area contributed by atoms with E-state index in [0.29, 0.717) is 5.92 Å². The molecule has 0 aromatic carbocycles. The Balaban J connectivity index is 1.69. The van der Waals surface area contributed by atoms with Gasteiger partial charge in [0.1, 0.15) is 6.29 Å². The lowest BCUT2D eigenvalue weighted by molar-refractivity contribution is -0.304. The van der Waals surface area contributed by atoms with Crippen molar-refractivity contribution in [2.24, 2.45) is 28.6 Å². The van der Waals surface area contributed by atoms with Crippen molar-refractivity contribution in [1.82, 2.24) is 0 Å². The van der Waals surface area contributed by atoms with E-state index < -0.39 is 5.79 Å². The normalized spacial score (nSPS) is 55.7. The number of aldehydes is 1. The van der Waals surface area contributed by atoms with E-state index in [1.165, 1.54) is 11.9 Å². The molecule has 0 spiro atoms. The van der Waals surface area contributed by atoms with Crippen molar-refractivity contribution in [2.45, 2.75) is 77.1 Å². The maximum Gasteiger partial charge on any atom is 0.171 e. The minimum Gasteiger partial charge on any atom is -0.365 e. The summed E-state index contributed by atoms with van der Waals surface area (Å²) in [6.07, 6.45) is 9.34. The lowest BCUT2D eigenvalue weighted by atomic mass is 9.51. The summed E-state index contributed by atoms with van der Waals surface area (Å²) in [7, 11) is 0. The average Bonchev–Trinajstić information content (AvgIpc) is 3.02. The summed E-state index contributed by atoms with van der Waals surface area (Å²) < 4.78 is 6.03. The maximum absolute atomic E-state index is 12.1. The fourth-order valence-electron chi connectivity index (χ4n) is 6.54. The van der Waals surface area contributed by atoms with E-state index in [9.17, 15) is 9.90 Å². The molecule has 2 saturated heterocycles. The van der Waals surface area contributed by atoms with E-state index in [0.717, 1.165) is 51.4 Å². The van der Waals surface area contributed by atoms with Gasteiger partial charge in [0.15, 0.2) is 5.79 Å². The number of carbonyl (C=O) groups excluding carboxylic acids is 1. The van der Waals surface area contributed by atoms with Crippen molar-refractivity contribution < 1.29 is 14.6 Å². The van der Waals surface area contributed by atoms with Crippen LogP contribution < -0.4 is 0 Å². The highest BCUT2D eigenvalue weighted by Crippen LogP contribution is 2.65. The van der Waals surface area contributed by atoms with Crippen LogP contribution in [0.4, 0.5) is 0 Å². The van der Waals surface area contributed by atoms with Gasteiger partial charge in [-0.1, -0.05) is 26.0 Å². The largest absolute Gasteiger partial charge is 0.365 e. The van der Waals surface area contributed by atoms with Gasteiger partial charge >= 0.3 is 0 Å². The standard InChI is InChI=1S/C20H30O3/c1-13-4-5-16-15(12-21)17(8-9-18(13,16)2)19(3)10-6-14-7-11-20(19,22)23-14/h12,14-17,22H,1,4-11H2,2-3H3/t14-,15-,16-,17-,18+,19+,20?/m0/s1. The van der Waals surface area contributed by atoms with Crippen LogP contribution in [0.1, 0.15) is 65.2 Å². The van der Waals surface area contributed by atoms with Crippen LogP contribution in [0.3, 0.4) is 0 Å². The van der Waals surface area contributed by atoms with Crippen LogP contribution in [-0.2, 0) is 9.53 Å². The highest BCUT2D eigenvalue weighted by atomic mass is 16.6. The average molecular weight is 318 g/mol. The predicted octanol–water partition coefficient (Wildman–Crippen LogP) is 3.85. The third-order valence-electron chi connectivity index (χ3n) is 8.31. The number of ether oxygens (including phenoxy) is 1. The van der Waals surface area contributed by atoms with E-state index >= 15 is 0 Å². The summed E-state index contributed by atoms with van der Waals surface area (Å²) in [5.41, 5.74) is 1.16. The van der Waals surface area contributed by atoms with Gasteiger partial charge in [-0.3, -0.25) is 0 Å². The summed E-state index contributed by atoms with van der Waals surface area (Å²) in [5.74, 6) is -0.368. The highest BCUT2D eigenvalue weighted by molar-refractivity contribution is 5.56. The van der Waals surface area contributed by atoms with Crippen molar-refractivity contribution in [3.05, 3.63) is 12.2 Å². The Hall–Kier alpha value is -0.670. The fourth-order valence-corrected chi connectivity index (χ4v) is 6.54. The molecule has 2 saturated carbocycles. The Morgan fingerprint density at radius 2 is 1.87 bits per heavy atom. The van der Waals surface area contributed by atoms with E-state index in [4.69, 9.17) is 4.74 Å². The second-order valence-electron chi connectivity index (χ2n) is 9.04. The zero-order valence-corrected chi connectivity index (χ0v) is 14.5. The number of hydrogen-bond donors (Lipinski definition) is 1. The molecule has 2 aliphatic heterocycles. The van der Waals surface area contributed by atoms with Crippen LogP contribution >= 0.6 is 0 Å². The topological polar surface area (TPSA) is 46.5 Å². The molecule has 0 aromatic heterocycles. The third kappa shape index (κ3) is 1.93. The van der Waals surface area contributed by atoms with Crippen molar-refractivity contribution in [3.63, 3.8) is 0 Å². The van der Waals surface area contributed by atoms with Gasteiger partial charge in [0.05, 0.1) is 6.10 Å². The number of allylic oxidation sites excluding steroid dienone is 1. The summed E-state index contributed by atoms with van der Waals surface area (Å²) >= 11 is 0. The van der Waals surface area contributed by atoms with Crippen molar-refractivity contribution in [2.75, 3.05) is 0 Å². The predicted molar refractivity (Wildman–Crippen MR) is 88.6 cm³/mol. The molecule has 128 valence electrons. The summed E-state index contributed by atoms with van der Waals surface area (Å²) in [4.78, 5) is 12.1. The number of rotatable bonds is 2. The SMILES string of the molecule is C=C1CC[C@H]2[C@H](C=O)[C@@H]([C@@]3(C)CC[C@H]4CCC3(O)O4)CC[C@]12C. The van der Waals surface area contributed by atoms with E-state index in [-0.39, 0.29) is 28.8 Å². The molecule has 1 N–H and O–H groups in total. The van der Waals surface area contributed by atoms with Crippen LogP contribution in [0.15, 0.2) is 12.2 Å². The molecule has 1 unspecified atom stereocenters. The molecule has 4 rings (SSSR count). The molecule has 0 radical (unpaired) electrons. The highest BCUT2D eigenvalue weighted by Gasteiger charge is 2.63.